The topological polar surface area (TPSA) is 52.6 Å². The van der Waals surface area contributed by atoms with Crippen LogP contribution in [0.25, 0.3) is 0 Å². The highest BCUT2D eigenvalue weighted by Gasteiger charge is 2.30. The molecular weight excluding hydrogens is 273 g/mol. The van der Waals surface area contributed by atoms with Crippen LogP contribution in [0, 0.1) is 23.4 Å². The zero-order valence-electron chi connectivity index (χ0n) is 10.9. The second-order valence-corrected chi connectivity index (χ2v) is 4.85. The molecule has 1 amide bonds. The molecule has 0 aromatic heterocycles. The molecule has 20 heavy (non-hydrogen) atoms. The van der Waals surface area contributed by atoms with Crippen LogP contribution in [0.4, 0.5) is 13.2 Å². The van der Waals surface area contributed by atoms with Crippen LogP contribution in [0.3, 0.4) is 0 Å². The third kappa shape index (κ3) is 2.58. The van der Waals surface area contributed by atoms with Crippen molar-refractivity contribution in [2.45, 2.75) is 6.42 Å². The van der Waals surface area contributed by atoms with Crippen LogP contribution in [0.1, 0.15) is 16.8 Å². The number of carbonyl (C=O) groups is 1. The zero-order valence-corrected chi connectivity index (χ0v) is 10.9. The number of nitrogens with zero attached hydrogens (tertiary/aromatic N) is 1. The number of benzene rings is 1. The number of carbonyl (C=O) groups excluding carboxylic acids is 1. The van der Waals surface area contributed by atoms with Crippen molar-refractivity contribution >= 4 is 5.91 Å². The second-order valence-electron chi connectivity index (χ2n) is 4.85. The zero-order chi connectivity index (χ0) is 14.9. The van der Waals surface area contributed by atoms with Gasteiger partial charge < -0.3 is 15.3 Å². The van der Waals surface area contributed by atoms with E-state index in [0.717, 1.165) is 13.0 Å². The van der Waals surface area contributed by atoms with Gasteiger partial charge in [0.15, 0.2) is 17.4 Å². The van der Waals surface area contributed by atoms with E-state index in [0.29, 0.717) is 19.2 Å². The maximum atomic E-state index is 13.7. The molecule has 4 nitrogen and oxygen atoms in total. The van der Waals surface area contributed by atoms with Gasteiger partial charge >= 0.3 is 0 Å². The predicted octanol–water partition coefficient (Wildman–Crippen LogP) is 1.49. The molecule has 1 heterocycles. The van der Waals surface area contributed by atoms with Crippen LogP contribution in [-0.4, -0.2) is 42.6 Å². The van der Waals surface area contributed by atoms with Crippen molar-refractivity contribution in [3.63, 3.8) is 0 Å². The molecule has 0 bridgehead atoms. The number of likely N-dealkylation sites (tertiary alicyclic amines) is 1. The molecule has 0 radical (unpaired) electrons. The average molecular weight is 288 g/mol. The van der Waals surface area contributed by atoms with E-state index in [2.05, 4.69) is 5.32 Å². The van der Waals surface area contributed by atoms with Crippen LogP contribution in [0.5, 0.6) is 5.75 Å². The van der Waals surface area contributed by atoms with E-state index in [1.165, 1.54) is 4.90 Å². The minimum absolute atomic E-state index is 0.242. The highest BCUT2D eigenvalue weighted by molar-refractivity contribution is 5.95. The molecule has 1 fully saturated rings. The number of phenols is 1. The van der Waals surface area contributed by atoms with E-state index in [4.69, 9.17) is 5.11 Å². The van der Waals surface area contributed by atoms with Gasteiger partial charge in [-0.05, 0) is 32.0 Å². The Hall–Kier alpha value is -1.76. The Morgan fingerprint density at radius 2 is 2.15 bits per heavy atom. The molecule has 1 atom stereocenters. The molecule has 0 saturated carbocycles. The molecule has 1 unspecified atom stereocenters. The smallest absolute Gasteiger partial charge is 0.257 e. The number of hydrogen-bond acceptors (Lipinski definition) is 3. The Morgan fingerprint density at radius 3 is 2.80 bits per heavy atom. The Labute approximate surface area is 114 Å². The average Bonchev–Trinajstić information content (AvgIpc) is 2.89. The van der Waals surface area contributed by atoms with E-state index in [1.54, 1.807) is 7.05 Å². The number of aromatic hydroxyl groups is 1. The van der Waals surface area contributed by atoms with Crippen LogP contribution in [-0.2, 0) is 0 Å². The lowest BCUT2D eigenvalue weighted by Crippen LogP contribution is -2.31. The van der Waals surface area contributed by atoms with Gasteiger partial charge in [-0.25, -0.2) is 8.78 Å². The van der Waals surface area contributed by atoms with Crippen molar-refractivity contribution in [2.75, 3.05) is 26.7 Å². The fourth-order valence-corrected chi connectivity index (χ4v) is 2.39. The van der Waals surface area contributed by atoms with Gasteiger partial charge in [-0.1, -0.05) is 0 Å². The summed E-state index contributed by atoms with van der Waals surface area (Å²) < 4.78 is 39.8. The van der Waals surface area contributed by atoms with E-state index in [-0.39, 0.29) is 5.92 Å². The SMILES string of the molecule is CNCC1CCN(C(=O)c2cc(F)c(F)c(O)c2F)C1. The normalized spacial score (nSPS) is 18.6. The van der Waals surface area contributed by atoms with Crippen molar-refractivity contribution in [3.8, 4) is 5.75 Å². The molecule has 7 heteroatoms. The molecule has 2 rings (SSSR count). The monoisotopic (exact) mass is 288 g/mol. The Bertz CT molecular complexity index is 537. The molecule has 1 aliphatic heterocycles. The van der Waals surface area contributed by atoms with Gasteiger partial charge in [0.1, 0.15) is 0 Å². The molecule has 0 aliphatic carbocycles. The maximum absolute atomic E-state index is 13.7. The van der Waals surface area contributed by atoms with Gasteiger partial charge in [-0.3, -0.25) is 4.79 Å². The fraction of sp³-hybridized carbons (Fsp3) is 0.462. The van der Waals surface area contributed by atoms with Crippen molar-refractivity contribution in [2.24, 2.45) is 5.92 Å². The third-order valence-electron chi connectivity index (χ3n) is 3.43. The maximum Gasteiger partial charge on any atom is 0.257 e. The first-order valence-corrected chi connectivity index (χ1v) is 6.26. The molecule has 1 aromatic rings. The van der Waals surface area contributed by atoms with Gasteiger partial charge in [0.05, 0.1) is 5.56 Å². The number of nitrogens with one attached hydrogen (secondary N) is 1. The van der Waals surface area contributed by atoms with Crippen LogP contribution in [0.2, 0.25) is 0 Å². The minimum atomic E-state index is -1.69. The largest absolute Gasteiger partial charge is 0.503 e. The minimum Gasteiger partial charge on any atom is -0.503 e. The van der Waals surface area contributed by atoms with Gasteiger partial charge in [0, 0.05) is 13.1 Å². The van der Waals surface area contributed by atoms with E-state index < -0.39 is 34.7 Å². The summed E-state index contributed by atoms with van der Waals surface area (Å²) in [6.45, 7) is 1.55. The standard InChI is InChI=1S/C13H15F3N2O2/c1-17-5-7-2-3-18(6-7)13(20)8-4-9(14)11(16)12(19)10(8)15/h4,7,17,19H,2-3,5-6H2,1H3. The summed E-state index contributed by atoms with van der Waals surface area (Å²) in [5, 5.41) is 12.1. The van der Waals surface area contributed by atoms with Crippen molar-refractivity contribution in [1.29, 1.82) is 0 Å². The van der Waals surface area contributed by atoms with Crippen molar-refractivity contribution in [1.82, 2.24) is 10.2 Å². The highest BCUT2D eigenvalue weighted by atomic mass is 19.2. The molecule has 1 aliphatic rings. The van der Waals surface area contributed by atoms with Crippen LogP contribution < -0.4 is 5.32 Å². The fourth-order valence-electron chi connectivity index (χ4n) is 2.39. The molecule has 110 valence electrons. The first-order valence-electron chi connectivity index (χ1n) is 6.26. The van der Waals surface area contributed by atoms with E-state index in [9.17, 15) is 18.0 Å². The number of hydrogen-bond donors (Lipinski definition) is 2. The number of rotatable bonds is 3. The first-order chi connectivity index (χ1) is 9.45. The predicted molar refractivity (Wildman–Crippen MR) is 65.9 cm³/mol. The number of amides is 1. The number of halogens is 3. The summed E-state index contributed by atoms with van der Waals surface area (Å²) in [5.41, 5.74) is -0.647. The lowest BCUT2D eigenvalue weighted by Gasteiger charge is -2.17. The Morgan fingerprint density at radius 1 is 1.45 bits per heavy atom. The van der Waals surface area contributed by atoms with Crippen molar-refractivity contribution < 1.29 is 23.1 Å². The summed E-state index contributed by atoms with van der Waals surface area (Å²) >= 11 is 0. The molecule has 1 saturated heterocycles. The Balaban J connectivity index is 2.23. The molecule has 2 N–H and O–H groups in total. The number of phenolic OH excluding ortho intramolecular Hbond substituents is 1. The summed E-state index contributed by atoms with van der Waals surface area (Å²) in [4.78, 5) is 13.5. The van der Waals surface area contributed by atoms with Gasteiger partial charge in [-0.15, -0.1) is 0 Å². The lowest BCUT2D eigenvalue weighted by atomic mass is 10.1. The first kappa shape index (κ1) is 14.6. The second kappa shape index (κ2) is 5.70. The third-order valence-corrected chi connectivity index (χ3v) is 3.43. The Kier molecular flexibility index (Phi) is 4.17. The van der Waals surface area contributed by atoms with Gasteiger partial charge in [-0.2, -0.15) is 4.39 Å². The quantitative estimate of drug-likeness (QED) is 0.829. The molecule has 0 spiro atoms. The summed E-state index contributed by atoms with van der Waals surface area (Å²) in [5.74, 6) is -6.52. The van der Waals surface area contributed by atoms with Crippen LogP contribution in [0.15, 0.2) is 6.07 Å². The van der Waals surface area contributed by atoms with Gasteiger partial charge in [0.25, 0.3) is 5.91 Å². The van der Waals surface area contributed by atoms with E-state index >= 15 is 0 Å². The molecule has 1 aromatic carbocycles. The summed E-state index contributed by atoms with van der Waals surface area (Å²) in [6.07, 6.45) is 0.754. The van der Waals surface area contributed by atoms with Gasteiger partial charge in [0.2, 0.25) is 5.82 Å². The lowest BCUT2D eigenvalue weighted by molar-refractivity contribution is 0.0780. The highest BCUT2D eigenvalue weighted by Crippen LogP contribution is 2.28. The van der Waals surface area contributed by atoms with Crippen molar-refractivity contribution in [3.05, 3.63) is 29.1 Å². The summed E-state index contributed by atoms with van der Waals surface area (Å²) in [6, 6.07) is 0.484. The summed E-state index contributed by atoms with van der Waals surface area (Å²) in [7, 11) is 1.79. The molecular formula is C13H15F3N2O2. The van der Waals surface area contributed by atoms with E-state index in [1.807, 2.05) is 0 Å². The van der Waals surface area contributed by atoms with Crippen LogP contribution >= 0.6 is 0 Å².